The summed E-state index contributed by atoms with van der Waals surface area (Å²) in [5, 5.41) is 4.17. The van der Waals surface area contributed by atoms with Crippen LogP contribution in [0, 0.1) is 0 Å². The van der Waals surface area contributed by atoms with Crippen molar-refractivity contribution in [2.24, 2.45) is 5.10 Å². The molecule has 4 heteroatoms. The molecule has 0 aliphatic carbocycles. The first kappa shape index (κ1) is 12.6. The first-order valence-electron chi connectivity index (χ1n) is 5.46. The lowest BCUT2D eigenvalue weighted by Gasteiger charge is -2.01. The Balaban J connectivity index is 1.98. The van der Waals surface area contributed by atoms with Crippen molar-refractivity contribution < 1.29 is 4.74 Å². The highest BCUT2D eigenvalue weighted by Crippen LogP contribution is 2.15. The van der Waals surface area contributed by atoms with Gasteiger partial charge in [-0.05, 0) is 48.0 Å². The Morgan fingerprint density at radius 3 is 2.61 bits per heavy atom. The summed E-state index contributed by atoms with van der Waals surface area (Å²) in [4.78, 5) is 0. The van der Waals surface area contributed by atoms with E-state index in [1.165, 1.54) is 0 Å². The Hall–Kier alpha value is -1.81. The van der Waals surface area contributed by atoms with Gasteiger partial charge in [-0.25, -0.2) is 0 Å². The van der Waals surface area contributed by atoms with Crippen LogP contribution in [-0.2, 0) is 0 Å². The smallest absolute Gasteiger partial charge is 0.118 e. The molecule has 0 aromatic heterocycles. The van der Waals surface area contributed by atoms with Gasteiger partial charge in [0.2, 0.25) is 0 Å². The third-order valence-electron chi connectivity index (χ3n) is 2.35. The van der Waals surface area contributed by atoms with E-state index in [9.17, 15) is 0 Å². The monoisotopic (exact) mass is 304 g/mol. The Labute approximate surface area is 115 Å². The molecule has 92 valence electrons. The molecule has 2 rings (SSSR count). The molecule has 1 N–H and O–H groups in total. The number of methoxy groups -OCH3 is 1. The van der Waals surface area contributed by atoms with Crippen LogP contribution < -0.4 is 10.2 Å². The van der Waals surface area contributed by atoms with Crippen LogP contribution in [0.15, 0.2) is 58.1 Å². The van der Waals surface area contributed by atoms with Crippen LogP contribution >= 0.6 is 15.9 Å². The predicted molar refractivity (Wildman–Crippen MR) is 78.4 cm³/mol. The van der Waals surface area contributed by atoms with Gasteiger partial charge in [-0.1, -0.05) is 22.0 Å². The second-order valence-corrected chi connectivity index (χ2v) is 4.57. The largest absolute Gasteiger partial charge is 0.497 e. The van der Waals surface area contributed by atoms with Crippen LogP contribution in [0.25, 0.3) is 0 Å². The van der Waals surface area contributed by atoms with Crippen molar-refractivity contribution in [3.05, 3.63) is 58.6 Å². The number of hydrogen-bond acceptors (Lipinski definition) is 3. The molecule has 2 aromatic carbocycles. The van der Waals surface area contributed by atoms with E-state index in [1.807, 2.05) is 48.5 Å². The maximum Gasteiger partial charge on any atom is 0.118 e. The Bertz CT molecular complexity index is 538. The predicted octanol–water partition coefficient (Wildman–Crippen LogP) is 3.90. The van der Waals surface area contributed by atoms with Gasteiger partial charge in [0, 0.05) is 4.47 Å². The van der Waals surface area contributed by atoms with Gasteiger partial charge in [0.05, 0.1) is 19.0 Å². The first-order valence-corrected chi connectivity index (χ1v) is 6.26. The van der Waals surface area contributed by atoms with Crippen LogP contribution in [0.5, 0.6) is 5.75 Å². The first-order chi connectivity index (χ1) is 8.78. The number of nitrogens with one attached hydrogen (secondary N) is 1. The van der Waals surface area contributed by atoms with Crippen molar-refractivity contribution in [2.45, 2.75) is 0 Å². The summed E-state index contributed by atoms with van der Waals surface area (Å²) in [5.74, 6) is 0.840. The third-order valence-corrected chi connectivity index (χ3v) is 2.84. The van der Waals surface area contributed by atoms with Crippen molar-refractivity contribution in [3.8, 4) is 5.75 Å². The van der Waals surface area contributed by atoms with Gasteiger partial charge in [0.25, 0.3) is 0 Å². The van der Waals surface area contributed by atoms with Gasteiger partial charge in [0.15, 0.2) is 0 Å². The molecule has 0 spiro atoms. The van der Waals surface area contributed by atoms with Crippen molar-refractivity contribution in [3.63, 3.8) is 0 Å². The number of hydrazone groups is 1. The summed E-state index contributed by atoms with van der Waals surface area (Å²) in [6, 6.07) is 15.5. The molecule has 2 aromatic rings. The maximum atomic E-state index is 5.09. The highest BCUT2D eigenvalue weighted by molar-refractivity contribution is 9.10. The number of halogens is 1. The van der Waals surface area contributed by atoms with E-state index >= 15 is 0 Å². The number of benzene rings is 2. The fraction of sp³-hybridized carbons (Fsp3) is 0.0714. The van der Waals surface area contributed by atoms with E-state index in [-0.39, 0.29) is 0 Å². The quantitative estimate of drug-likeness (QED) is 0.686. The van der Waals surface area contributed by atoms with Crippen LogP contribution in [0.4, 0.5) is 5.69 Å². The van der Waals surface area contributed by atoms with E-state index in [1.54, 1.807) is 13.3 Å². The minimum absolute atomic E-state index is 0.840. The van der Waals surface area contributed by atoms with Gasteiger partial charge in [-0.15, -0.1) is 0 Å². The number of anilines is 1. The molecule has 0 amide bonds. The molecule has 0 radical (unpaired) electrons. The molecule has 0 saturated carbocycles. The molecule has 3 nitrogen and oxygen atoms in total. The Morgan fingerprint density at radius 2 is 1.94 bits per heavy atom. The maximum absolute atomic E-state index is 5.09. The normalized spacial score (nSPS) is 10.6. The van der Waals surface area contributed by atoms with E-state index in [4.69, 9.17) is 4.74 Å². The fourth-order valence-corrected chi connectivity index (χ4v) is 1.83. The van der Waals surface area contributed by atoms with E-state index in [2.05, 4.69) is 26.5 Å². The minimum atomic E-state index is 0.840. The molecule has 0 heterocycles. The summed E-state index contributed by atoms with van der Waals surface area (Å²) in [6.07, 6.45) is 1.76. The summed E-state index contributed by atoms with van der Waals surface area (Å²) in [7, 11) is 1.65. The number of ether oxygens (including phenoxy) is 1. The lowest BCUT2D eigenvalue weighted by molar-refractivity contribution is 0.415. The van der Waals surface area contributed by atoms with E-state index < -0.39 is 0 Å². The summed E-state index contributed by atoms with van der Waals surface area (Å²) >= 11 is 3.41. The molecular weight excluding hydrogens is 292 g/mol. The highest BCUT2D eigenvalue weighted by atomic mass is 79.9. The molecule has 0 saturated heterocycles. The Morgan fingerprint density at radius 1 is 1.17 bits per heavy atom. The van der Waals surface area contributed by atoms with E-state index in [0.717, 1.165) is 21.5 Å². The van der Waals surface area contributed by atoms with Gasteiger partial charge in [-0.2, -0.15) is 5.10 Å². The number of hydrogen-bond donors (Lipinski definition) is 1. The van der Waals surface area contributed by atoms with Gasteiger partial charge in [0.1, 0.15) is 5.75 Å². The number of rotatable bonds is 4. The van der Waals surface area contributed by atoms with Crippen molar-refractivity contribution in [1.29, 1.82) is 0 Å². The molecule has 0 aliphatic rings. The summed E-state index contributed by atoms with van der Waals surface area (Å²) in [6.45, 7) is 0. The summed E-state index contributed by atoms with van der Waals surface area (Å²) < 4.78 is 6.11. The number of nitrogens with zero attached hydrogens (tertiary/aromatic N) is 1. The second kappa shape index (κ2) is 6.21. The third kappa shape index (κ3) is 3.60. The lowest BCUT2D eigenvalue weighted by atomic mass is 10.2. The van der Waals surface area contributed by atoms with Gasteiger partial charge >= 0.3 is 0 Å². The van der Waals surface area contributed by atoms with Crippen LogP contribution in [0.3, 0.4) is 0 Å². The fourth-order valence-electron chi connectivity index (χ4n) is 1.43. The molecule has 18 heavy (non-hydrogen) atoms. The van der Waals surface area contributed by atoms with Crippen molar-refractivity contribution >= 4 is 27.8 Å². The summed E-state index contributed by atoms with van der Waals surface area (Å²) in [5.41, 5.74) is 4.92. The standard InChI is InChI=1S/C14H13BrN2O/c1-18-14-7-5-11(6-8-14)10-16-17-13-4-2-3-12(15)9-13/h2-10,17H,1H3/b16-10+. The second-order valence-electron chi connectivity index (χ2n) is 3.65. The van der Waals surface area contributed by atoms with Crippen LogP contribution in [0.1, 0.15) is 5.56 Å². The zero-order valence-corrected chi connectivity index (χ0v) is 11.5. The topological polar surface area (TPSA) is 33.6 Å². The van der Waals surface area contributed by atoms with Crippen LogP contribution in [0.2, 0.25) is 0 Å². The lowest BCUT2D eigenvalue weighted by Crippen LogP contribution is -1.90. The van der Waals surface area contributed by atoms with E-state index in [0.29, 0.717) is 0 Å². The zero-order chi connectivity index (χ0) is 12.8. The molecule has 0 fully saturated rings. The van der Waals surface area contributed by atoms with Crippen LogP contribution in [-0.4, -0.2) is 13.3 Å². The molecule has 0 unspecified atom stereocenters. The molecule has 0 aliphatic heterocycles. The average molecular weight is 305 g/mol. The van der Waals surface area contributed by atoms with Crippen molar-refractivity contribution in [1.82, 2.24) is 0 Å². The highest BCUT2D eigenvalue weighted by Gasteiger charge is 1.92. The molecule has 0 atom stereocenters. The zero-order valence-electron chi connectivity index (χ0n) is 9.93. The van der Waals surface area contributed by atoms with Gasteiger partial charge < -0.3 is 4.74 Å². The Kier molecular flexibility index (Phi) is 4.36. The SMILES string of the molecule is COc1ccc(/C=N/Nc2cccc(Br)c2)cc1. The van der Waals surface area contributed by atoms with Gasteiger partial charge in [-0.3, -0.25) is 5.43 Å². The van der Waals surface area contributed by atoms with Crippen molar-refractivity contribution in [2.75, 3.05) is 12.5 Å². The molecular formula is C14H13BrN2O. The minimum Gasteiger partial charge on any atom is -0.497 e. The average Bonchev–Trinajstić information content (AvgIpc) is 2.40. The molecule has 0 bridgehead atoms.